The van der Waals surface area contributed by atoms with E-state index in [1.54, 1.807) is 11.8 Å². The zero-order valence-corrected chi connectivity index (χ0v) is 10.3. The number of carboxylic acid groups (broad SMARTS) is 1. The number of hydrogen-bond donors (Lipinski definition) is 2. The summed E-state index contributed by atoms with van der Waals surface area (Å²) in [4.78, 5) is 10.8. The van der Waals surface area contributed by atoms with Gasteiger partial charge in [-0.05, 0) is 38.4 Å². The molecule has 15 heavy (non-hydrogen) atoms. The minimum Gasteiger partial charge on any atom is -0.480 e. The predicted octanol–water partition coefficient (Wildman–Crippen LogP) is 2.10. The molecular formula is C11H21NO2S. The molecule has 3 N–H and O–H groups in total. The molecule has 1 fully saturated rings. The van der Waals surface area contributed by atoms with Crippen LogP contribution in [0.5, 0.6) is 0 Å². The summed E-state index contributed by atoms with van der Waals surface area (Å²) >= 11 is 1.71. The fourth-order valence-corrected chi connectivity index (χ4v) is 3.18. The van der Waals surface area contributed by atoms with Crippen LogP contribution in [0, 0.1) is 5.92 Å². The minimum atomic E-state index is -0.904. The van der Waals surface area contributed by atoms with Gasteiger partial charge in [0.1, 0.15) is 6.04 Å². The highest BCUT2D eigenvalue weighted by Crippen LogP contribution is 2.34. The van der Waals surface area contributed by atoms with Gasteiger partial charge in [0.2, 0.25) is 0 Å². The first-order valence-corrected chi connectivity index (χ1v) is 6.54. The lowest BCUT2D eigenvalue weighted by atomic mass is 10.1. The standard InChI is InChI=1S/C11H21NO2S/c1-11(2,9(12)10(13)14)15-7-8-5-3-4-6-8/h8-9H,3-7,12H2,1-2H3,(H,13,14)/t9-/m0/s1. The Bertz CT molecular complexity index is 225. The average Bonchev–Trinajstić information content (AvgIpc) is 2.66. The normalized spacial score (nSPS) is 20.5. The SMILES string of the molecule is CC(C)(SCC1CCCC1)[C@@H](N)C(=O)O. The fraction of sp³-hybridized carbons (Fsp3) is 0.909. The molecule has 0 bridgehead atoms. The van der Waals surface area contributed by atoms with Gasteiger partial charge in [-0.3, -0.25) is 4.79 Å². The van der Waals surface area contributed by atoms with E-state index in [0.29, 0.717) is 0 Å². The molecule has 0 aliphatic heterocycles. The van der Waals surface area contributed by atoms with Crippen molar-refractivity contribution in [1.29, 1.82) is 0 Å². The maximum absolute atomic E-state index is 10.8. The second-order valence-electron chi connectivity index (χ2n) is 4.88. The first-order chi connectivity index (χ1) is 6.93. The Morgan fingerprint density at radius 3 is 2.53 bits per heavy atom. The van der Waals surface area contributed by atoms with E-state index in [1.807, 2.05) is 13.8 Å². The molecule has 1 atom stereocenters. The molecule has 3 nitrogen and oxygen atoms in total. The van der Waals surface area contributed by atoms with Crippen LogP contribution >= 0.6 is 11.8 Å². The quantitative estimate of drug-likeness (QED) is 0.760. The zero-order valence-electron chi connectivity index (χ0n) is 9.53. The lowest BCUT2D eigenvalue weighted by Crippen LogP contribution is -2.47. The maximum atomic E-state index is 10.8. The third-order valence-corrected chi connectivity index (χ3v) is 4.82. The van der Waals surface area contributed by atoms with E-state index >= 15 is 0 Å². The summed E-state index contributed by atoms with van der Waals surface area (Å²) in [6.07, 6.45) is 5.25. The highest BCUT2D eigenvalue weighted by molar-refractivity contribution is 8.00. The predicted molar refractivity (Wildman–Crippen MR) is 64.1 cm³/mol. The van der Waals surface area contributed by atoms with Gasteiger partial charge >= 0.3 is 5.97 Å². The third kappa shape index (κ3) is 3.68. The Hall–Kier alpha value is -0.220. The van der Waals surface area contributed by atoms with Crippen molar-refractivity contribution in [2.24, 2.45) is 11.7 Å². The average molecular weight is 231 g/mol. The van der Waals surface area contributed by atoms with Crippen LogP contribution in [0.2, 0.25) is 0 Å². The van der Waals surface area contributed by atoms with Gasteiger partial charge in [-0.25, -0.2) is 0 Å². The molecule has 0 amide bonds. The summed E-state index contributed by atoms with van der Waals surface area (Å²) in [6.45, 7) is 3.84. The molecule has 1 aliphatic rings. The zero-order chi connectivity index (χ0) is 11.5. The van der Waals surface area contributed by atoms with Gasteiger partial charge in [-0.2, -0.15) is 11.8 Å². The lowest BCUT2D eigenvalue weighted by Gasteiger charge is -2.29. The van der Waals surface area contributed by atoms with Crippen molar-refractivity contribution in [3.63, 3.8) is 0 Å². The second-order valence-corrected chi connectivity index (χ2v) is 6.56. The number of aliphatic carboxylic acids is 1. The van der Waals surface area contributed by atoms with Crippen molar-refractivity contribution < 1.29 is 9.90 Å². The van der Waals surface area contributed by atoms with E-state index < -0.39 is 12.0 Å². The molecule has 4 heteroatoms. The van der Waals surface area contributed by atoms with Crippen LogP contribution in [-0.2, 0) is 4.79 Å². The van der Waals surface area contributed by atoms with Crippen molar-refractivity contribution in [2.75, 3.05) is 5.75 Å². The van der Waals surface area contributed by atoms with Crippen molar-refractivity contribution in [3.05, 3.63) is 0 Å². The van der Waals surface area contributed by atoms with E-state index in [4.69, 9.17) is 10.8 Å². The smallest absolute Gasteiger partial charge is 0.321 e. The van der Waals surface area contributed by atoms with E-state index in [2.05, 4.69) is 0 Å². The Balaban J connectivity index is 2.37. The second kappa shape index (κ2) is 5.21. The fourth-order valence-electron chi connectivity index (χ4n) is 1.90. The molecule has 0 radical (unpaired) electrons. The van der Waals surface area contributed by atoms with Crippen LogP contribution in [0.4, 0.5) is 0 Å². The molecule has 0 aromatic heterocycles. The molecule has 0 aromatic carbocycles. The van der Waals surface area contributed by atoms with Gasteiger partial charge < -0.3 is 10.8 Å². The first-order valence-electron chi connectivity index (χ1n) is 5.56. The van der Waals surface area contributed by atoms with Crippen LogP contribution < -0.4 is 5.73 Å². The maximum Gasteiger partial charge on any atom is 0.321 e. The van der Waals surface area contributed by atoms with Gasteiger partial charge in [-0.1, -0.05) is 12.8 Å². The molecule has 0 saturated heterocycles. The summed E-state index contributed by atoms with van der Waals surface area (Å²) in [5.41, 5.74) is 5.66. The largest absolute Gasteiger partial charge is 0.480 e. The van der Waals surface area contributed by atoms with Crippen LogP contribution in [-0.4, -0.2) is 27.6 Å². The molecule has 1 rings (SSSR count). The van der Waals surface area contributed by atoms with Crippen LogP contribution in [0.25, 0.3) is 0 Å². The monoisotopic (exact) mass is 231 g/mol. The van der Waals surface area contributed by atoms with Crippen LogP contribution in [0.1, 0.15) is 39.5 Å². The van der Waals surface area contributed by atoms with Crippen molar-refractivity contribution in [3.8, 4) is 0 Å². The molecular weight excluding hydrogens is 210 g/mol. The van der Waals surface area contributed by atoms with E-state index in [-0.39, 0.29) is 4.75 Å². The van der Waals surface area contributed by atoms with Gasteiger partial charge in [0.15, 0.2) is 0 Å². The van der Waals surface area contributed by atoms with Gasteiger partial charge in [0.25, 0.3) is 0 Å². The van der Waals surface area contributed by atoms with Gasteiger partial charge in [0, 0.05) is 4.75 Å². The number of carbonyl (C=O) groups is 1. The number of hydrogen-bond acceptors (Lipinski definition) is 3. The molecule has 1 saturated carbocycles. The Morgan fingerprint density at radius 1 is 1.53 bits per heavy atom. The number of carboxylic acids is 1. The van der Waals surface area contributed by atoms with Crippen molar-refractivity contribution >= 4 is 17.7 Å². The molecule has 0 aromatic rings. The Labute approximate surface area is 95.8 Å². The third-order valence-electron chi connectivity index (χ3n) is 3.18. The topological polar surface area (TPSA) is 63.3 Å². The summed E-state index contributed by atoms with van der Waals surface area (Å²) < 4.78 is -0.367. The van der Waals surface area contributed by atoms with Crippen LogP contribution in [0.3, 0.4) is 0 Å². The molecule has 1 aliphatic carbocycles. The molecule has 0 spiro atoms. The van der Waals surface area contributed by atoms with Crippen LogP contribution in [0.15, 0.2) is 0 Å². The molecule has 0 unspecified atom stereocenters. The van der Waals surface area contributed by atoms with Crippen molar-refractivity contribution in [2.45, 2.75) is 50.3 Å². The molecule has 0 heterocycles. The Morgan fingerprint density at radius 2 is 2.07 bits per heavy atom. The Kier molecular flexibility index (Phi) is 4.46. The first kappa shape index (κ1) is 12.8. The van der Waals surface area contributed by atoms with Crippen molar-refractivity contribution in [1.82, 2.24) is 0 Å². The summed E-state index contributed by atoms with van der Waals surface area (Å²) in [6, 6.07) is -0.774. The highest BCUT2D eigenvalue weighted by Gasteiger charge is 2.33. The van der Waals surface area contributed by atoms with Gasteiger partial charge in [0.05, 0.1) is 0 Å². The summed E-state index contributed by atoms with van der Waals surface area (Å²) in [5.74, 6) is 0.919. The number of rotatable bonds is 5. The van der Waals surface area contributed by atoms with E-state index in [0.717, 1.165) is 11.7 Å². The number of thioether (sulfide) groups is 1. The van der Waals surface area contributed by atoms with E-state index in [1.165, 1.54) is 25.7 Å². The summed E-state index contributed by atoms with van der Waals surface area (Å²) in [7, 11) is 0. The number of nitrogens with two attached hydrogens (primary N) is 1. The molecule has 88 valence electrons. The highest BCUT2D eigenvalue weighted by atomic mass is 32.2. The van der Waals surface area contributed by atoms with Gasteiger partial charge in [-0.15, -0.1) is 0 Å². The van der Waals surface area contributed by atoms with E-state index in [9.17, 15) is 4.79 Å². The minimum absolute atomic E-state index is 0.367. The lowest BCUT2D eigenvalue weighted by molar-refractivity contribution is -0.139. The summed E-state index contributed by atoms with van der Waals surface area (Å²) in [5, 5.41) is 8.87.